The summed E-state index contributed by atoms with van der Waals surface area (Å²) in [5, 5.41) is 5.13. The largest absolute Gasteiger partial charge is 0.459 e. The maximum Gasteiger partial charge on any atom is 0.313 e. The third kappa shape index (κ3) is 3.83. The highest BCUT2D eigenvalue weighted by Gasteiger charge is 2.20. The van der Waals surface area contributed by atoms with Crippen LogP contribution in [0.2, 0.25) is 0 Å². The number of hydrogen-bond donors (Lipinski definition) is 0. The van der Waals surface area contributed by atoms with Crippen molar-refractivity contribution in [2.75, 3.05) is 0 Å². The Bertz CT molecular complexity index is 963. The van der Waals surface area contributed by atoms with Crippen LogP contribution in [0.25, 0.3) is 4.96 Å². The first kappa shape index (κ1) is 18.3. The van der Waals surface area contributed by atoms with E-state index in [9.17, 15) is 9.59 Å². The average Bonchev–Trinajstić information content (AvgIpc) is 3.07. The van der Waals surface area contributed by atoms with Gasteiger partial charge in [0, 0.05) is 12.0 Å². The molecule has 0 aliphatic rings. The van der Waals surface area contributed by atoms with Crippen molar-refractivity contribution in [3.63, 3.8) is 0 Å². The van der Waals surface area contributed by atoms with E-state index in [1.165, 1.54) is 21.9 Å². The van der Waals surface area contributed by atoms with Gasteiger partial charge in [0.2, 0.25) is 4.96 Å². The Kier molecular flexibility index (Phi) is 5.46. The number of hydrogen-bond acceptors (Lipinski definition) is 6. The van der Waals surface area contributed by atoms with Crippen molar-refractivity contribution in [3.05, 3.63) is 63.0 Å². The Morgan fingerprint density at radius 3 is 2.65 bits per heavy atom. The summed E-state index contributed by atoms with van der Waals surface area (Å²) in [6.07, 6.45) is 0.643. The van der Waals surface area contributed by atoms with Gasteiger partial charge in [-0.15, -0.1) is 0 Å². The molecule has 7 heteroatoms. The highest BCUT2D eigenvalue weighted by Crippen LogP contribution is 2.22. The van der Waals surface area contributed by atoms with Gasteiger partial charge in [0.25, 0.3) is 5.56 Å². The number of fused-ring (bicyclic) bond motifs is 1. The van der Waals surface area contributed by atoms with Crippen molar-refractivity contribution in [2.45, 2.75) is 45.6 Å². The Labute approximate surface area is 155 Å². The standard InChI is InChI=1S/C19H21N3O3S/c1-4-15(13-8-6-5-7-9-13)18(24)25-11-14-10-16(23)22-19(20-14)26-17(21-22)12(2)3/h5-10,12,15H,4,11H2,1-3H3. The predicted molar refractivity (Wildman–Crippen MR) is 100 cm³/mol. The van der Waals surface area contributed by atoms with Gasteiger partial charge in [-0.25, -0.2) is 4.98 Å². The van der Waals surface area contributed by atoms with Gasteiger partial charge in [0.1, 0.15) is 11.6 Å². The van der Waals surface area contributed by atoms with Crippen LogP contribution in [0.1, 0.15) is 55.3 Å². The van der Waals surface area contributed by atoms with E-state index in [-0.39, 0.29) is 30.0 Å². The third-order valence-corrected chi connectivity index (χ3v) is 5.27. The van der Waals surface area contributed by atoms with Crippen LogP contribution in [0, 0.1) is 0 Å². The van der Waals surface area contributed by atoms with E-state index in [0.717, 1.165) is 10.6 Å². The van der Waals surface area contributed by atoms with Crippen LogP contribution in [0.5, 0.6) is 0 Å². The maximum atomic E-state index is 12.4. The van der Waals surface area contributed by atoms with Gasteiger partial charge in [-0.2, -0.15) is 9.61 Å². The molecule has 0 saturated carbocycles. The van der Waals surface area contributed by atoms with E-state index >= 15 is 0 Å². The second-order valence-corrected chi connectivity index (χ2v) is 7.34. The molecule has 0 aliphatic heterocycles. The Morgan fingerprint density at radius 2 is 2.00 bits per heavy atom. The molecule has 6 nitrogen and oxygen atoms in total. The van der Waals surface area contributed by atoms with Crippen LogP contribution in [-0.2, 0) is 16.1 Å². The average molecular weight is 371 g/mol. The van der Waals surface area contributed by atoms with Crippen LogP contribution in [0.15, 0.2) is 41.2 Å². The van der Waals surface area contributed by atoms with Gasteiger partial charge in [-0.3, -0.25) is 9.59 Å². The van der Waals surface area contributed by atoms with Crippen molar-refractivity contribution < 1.29 is 9.53 Å². The molecule has 0 aliphatic carbocycles. The number of carbonyl (C=O) groups excluding carboxylic acids is 1. The molecule has 0 amide bonds. The Hall–Kier alpha value is -2.54. The Balaban J connectivity index is 1.76. The minimum atomic E-state index is -0.322. The lowest BCUT2D eigenvalue weighted by molar-refractivity contribution is -0.147. The second-order valence-electron chi connectivity index (χ2n) is 6.35. The van der Waals surface area contributed by atoms with Gasteiger partial charge < -0.3 is 4.74 Å². The van der Waals surface area contributed by atoms with Crippen LogP contribution in [-0.4, -0.2) is 20.6 Å². The number of esters is 1. The molecule has 2 heterocycles. The zero-order chi connectivity index (χ0) is 18.7. The number of benzene rings is 1. The van der Waals surface area contributed by atoms with E-state index < -0.39 is 0 Å². The molecule has 1 atom stereocenters. The summed E-state index contributed by atoms with van der Waals surface area (Å²) >= 11 is 1.38. The quantitative estimate of drug-likeness (QED) is 0.620. The normalized spacial score (nSPS) is 12.5. The van der Waals surface area contributed by atoms with Gasteiger partial charge >= 0.3 is 5.97 Å². The van der Waals surface area contributed by atoms with Gasteiger partial charge in [0.15, 0.2) is 0 Å². The molecule has 3 rings (SSSR count). The molecule has 136 valence electrons. The number of ether oxygens (including phenoxy) is 1. The first-order valence-corrected chi connectivity index (χ1v) is 9.42. The summed E-state index contributed by atoms with van der Waals surface area (Å²) in [6, 6.07) is 10.9. The highest BCUT2D eigenvalue weighted by atomic mass is 32.1. The van der Waals surface area contributed by atoms with Crippen molar-refractivity contribution in [3.8, 4) is 0 Å². The van der Waals surface area contributed by atoms with E-state index in [1.807, 2.05) is 51.1 Å². The molecule has 0 N–H and O–H groups in total. The molecule has 2 aromatic heterocycles. The summed E-state index contributed by atoms with van der Waals surface area (Å²) in [5.41, 5.74) is 1.09. The lowest BCUT2D eigenvalue weighted by Crippen LogP contribution is -2.19. The second kappa shape index (κ2) is 7.78. The SMILES string of the molecule is CCC(C(=O)OCc1cc(=O)n2nc(C(C)C)sc2n1)c1ccccc1. The first-order valence-electron chi connectivity index (χ1n) is 8.60. The molecular formula is C19H21N3O3S. The first-order chi connectivity index (χ1) is 12.5. The fourth-order valence-corrected chi connectivity index (χ4v) is 3.57. The molecule has 1 unspecified atom stereocenters. The summed E-state index contributed by atoms with van der Waals surface area (Å²) in [5.74, 6) is -0.414. The molecule has 3 aromatic rings. The number of carbonyl (C=O) groups is 1. The minimum absolute atomic E-state index is 0.0250. The molecule has 26 heavy (non-hydrogen) atoms. The van der Waals surface area contributed by atoms with Crippen molar-refractivity contribution >= 4 is 22.3 Å². The van der Waals surface area contributed by atoms with Gasteiger partial charge in [-0.05, 0) is 12.0 Å². The van der Waals surface area contributed by atoms with E-state index in [4.69, 9.17) is 4.74 Å². The Morgan fingerprint density at radius 1 is 1.27 bits per heavy atom. The van der Waals surface area contributed by atoms with Crippen molar-refractivity contribution in [2.24, 2.45) is 0 Å². The summed E-state index contributed by atoms with van der Waals surface area (Å²) in [6.45, 7) is 5.95. The third-order valence-electron chi connectivity index (χ3n) is 4.06. The number of nitrogens with zero attached hydrogens (tertiary/aromatic N) is 3. The smallest absolute Gasteiger partial charge is 0.313 e. The maximum absolute atomic E-state index is 12.4. The predicted octanol–water partition coefficient (Wildman–Crippen LogP) is 3.51. The van der Waals surface area contributed by atoms with Crippen LogP contribution < -0.4 is 5.56 Å². The van der Waals surface area contributed by atoms with Crippen LogP contribution in [0.3, 0.4) is 0 Å². The number of aromatic nitrogens is 3. The zero-order valence-electron chi connectivity index (χ0n) is 15.0. The molecular weight excluding hydrogens is 350 g/mol. The molecule has 0 radical (unpaired) electrons. The lowest BCUT2D eigenvalue weighted by Gasteiger charge is -2.14. The molecule has 0 saturated heterocycles. The fourth-order valence-electron chi connectivity index (χ4n) is 2.65. The van der Waals surface area contributed by atoms with E-state index in [0.29, 0.717) is 17.1 Å². The number of rotatable bonds is 6. The van der Waals surface area contributed by atoms with Crippen molar-refractivity contribution in [1.82, 2.24) is 14.6 Å². The van der Waals surface area contributed by atoms with Crippen LogP contribution in [0.4, 0.5) is 0 Å². The van der Waals surface area contributed by atoms with E-state index in [2.05, 4.69) is 10.1 Å². The molecule has 1 aromatic carbocycles. The van der Waals surface area contributed by atoms with E-state index in [1.54, 1.807) is 0 Å². The summed E-state index contributed by atoms with van der Waals surface area (Å²) in [7, 11) is 0. The zero-order valence-corrected chi connectivity index (χ0v) is 15.8. The van der Waals surface area contributed by atoms with Gasteiger partial charge in [-0.1, -0.05) is 62.4 Å². The highest BCUT2D eigenvalue weighted by molar-refractivity contribution is 7.16. The molecule has 0 spiro atoms. The monoisotopic (exact) mass is 371 g/mol. The molecule has 0 fully saturated rings. The molecule has 0 bridgehead atoms. The fraction of sp³-hybridized carbons (Fsp3) is 0.368. The van der Waals surface area contributed by atoms with Crippen LogP contribution >= 0.6 is 11.3 Å². The minimum Gasteiger partial charge on any atom is -0.459 e. The van der Waals surface area contributed by atoms with Gasteiger partial charge in [0.05, 0.1) is 11.6 Å². The summed E-state index contributed by atoms with van der Waals surface area (Å²) in [4.78, 5) is 29.6. The van der Waals surface area contributed by atoms with Crippen molar-refractivity contribution in [1.29, 1.82) is 0 Å². The summed E-state index contributed by atoms with van der Waals surface area (Å²) < 4.78 is 6.72. The topological polar surface area (TPSA) is 73.6 Å². The lowest BCUT2D eigenvalue weighted by atomic mass is 9.97.